The Morgan fingerprint density at radius 1 is 0.826 bits per heavy atom. The van der Waals surface area contributed by atoms with E-state index in [2.05, 4.69) is 81.4 Å². The van der Waals surface area contributed by atoms with Crippen LogP contribution in [0.2, 0.25) is 3.93 Å². The summed E-state index contributed by atoms with van der Waals surface area (Å²) < 4.78 is 4.32. The average molecular weight is 412 g/mol. The molecule has 23 heavy (non-hydrogen) atoms. The van der Waals surface area contributed by atoms with Gasteiger partial charge in [-0.25, -0.2) is 0 Å². The van der Waals surface area contributed by atoms with Gasteiger partial charge in [-0.3, -0.25) is 0 Å². The van der Waals surface area contributed by atoms with Gasteiger partial charge >= 0.3 is 149 Å². The van der Waals surface area contributed by atoms with Gasteiger partial charge in [0, 0.05) is 0 Å². The summed E-state index contributed by atoms with van der Waals surface area (Å²) in [4.78, 5) is 0. The van der Waals surface area contributed by atoms with Crippen molar-refractivity contribution in [3.05, 3.63) is 60.7 Å². The van der Waals surface area contributed by atoms with Crippen LogP contribution in [-0.2, 0) is 0 Å². The summed E-state index contributed by atoms with van der Waals surface area (Å²) in [6.45, 7) is 7.37. The quantitative estimate of drug-likeness (QED) is 0.636. The fourth-order valence-corrected chi connectivity index (χ4v) is 15.5. The van der Waals surface area contributed by atoms with Gasteiger partial charge in [-0.05, 0) is 0 Å². The topological polar surface area (TPSA) is 0 Å². The molecule has 1 radical (unpaired) electrons. The van der Waals surface area contributed by atoms with Gasteiger partial charge in [0.15, 0.2) is 0 Å². The van der Waals surface area contributed by atoms with Crippen LogP contribution < -0.4 is 7.16 Å². The number of hydrogen-bond donors (Lipinski definition) is 0. The zero-order valence-corrected chi connectivity index (χ0v) is 17.6. The van der Waals surface area contributed by atoms with Crippen molar-refractivity contribution in [2.75, 3.05) is 0 Å². The summed E-state index contributed by atoms with van der Waals surface area (Å²) in [5, 5.41) is 0. The molecule has 121 valence electrons. The molecule has 3 atom stereocenters. The van der Waals surface area contributed by atoms with Crippen LogP contribution in [0.25, 0.3) is 0 Å². The maximum absolute atomic E-state index is 2.47. The summed E-state index contributed by atoms with van der Waals surface area (Å²) in [6, 6.07) is 23.0. The first-order valence-electron chi connectivity index (χ1n) is 9.14. The van der Waals surface area contributed by atoms with Gasteiger partial charge in [-0.2, -0.15) is 0 Å². The Labute approximate surface area is 149 Å². The first-order valence-corrected chi connectivity index (χ1v) is 13.6. The molecule has 0 saturated heterocycles. The summed E-state index contributed by atoms with van der Waals surface area (Å²) in [5.41, 5.74) is 0. The zero-order chi connectivity index (χ0) is 16.2. The summed E-state index contributed by atoms with van der Waals surface area (Å²) >= 11 is -1.90. The standard InChI is InChI=1S/C10H19.2C6H5.Sn/c1-8(2)10-6-4-9(3)5-7-10;2*1-2-4-6-5-3-1;/h6,8-10H,4-5,7H2,1-3H3;2*1-5H;. The predicted octanol–water partition coefficient (Wildman–Crippen LogP) is 4.76. The molecule has 0 heterocycles. The van der Waals surface area contributed by atoms with Gasteiger partial charge in [0.2, 0.25) is 0 Å². The molecule has 2 aromatic rings. The first kappa shape index (κ1) is 17.1. The zero-order valence-electron chi connectivity index (χ0n) is 14.7. The van der Waals surface area contributed by atoms with Crippen LogP contribution in [0.3, 0.4) is 0 Å². The van der Waals surface area contributed by atoms with Gasteiger partial charge in [-0.1, -0.05) is 0 Å². The van der Waals surface area contributed by atoms with E-state index in [0.29, 0.717) is 0 Å². The second kappa shape index (κ2) is 7.87. The molecule has 3 rings (SSSR count). The Morgan fingerprint density at radius 3 is 1.83 bits per heavy atom. The van der Waals surface area contributed by atoms with E-state index < -0.39 is 19.8 Å². The van der Waals surface area contributed by atoms with Crippen molar-refractivity contribution >= 4 is 26.9 Å². The van der Waals surface area contributed by atoms with Crippen molar-refractivity contribution in [1.82, 2.24) is 0 Å². The van der Waals surface area contributed by atoms with E-state index >= 15 is 0 Å². The minimum absolute atomic E-state index is 0.815. The third-order valence-electron chi connectivity index (χ3n) is 5.56. The van der Waals surface area contributed by atoms with E-state index in [9.17, 15) is 0 Å². The van der Waals surface area contributed by atoms with E-state index in [1.165, 1.54) is 19.3 Å². The molecule has 1 heteroatoms. The number of rotatable bonds is 4. The molecule has 0 bridgehead atoms. The Bertz CT molecular complexity index is 550. The number of benzene rings is 2. The average Bonchev–Trinajstić information content (AvgIpc) is 2.57. The Morgan fingerprint density at radius 2 is 1.35 bits per heavy atom. The van der Waals surface area contributed by atoms with Crippen LogP contribution in [-0.4, -0.2) is 19.8 Å². The van der Waals surface area contributed by atoms with E-state index in [1.807, 2.05) is 0 Å². The fourth-order valence-electron chi connectivity index (χ4n) is 4.36. The van der Waals surface area contributed by atoms with Crippen LogP contribution in [0.5, 0.6) is 0 Å². The van der Waals surface area contributed by atoms with E-state index in [1.54, 1.807) is 7.16 Å². The Hall–Kier alpha value is -0.761. The maximum atomic E-state index is 2.47. The van der Waals surface area contributed by atoms with Crippen molar-refractivity contribution in [2.45, 2.75) is 44.0 Å². The van der Waals surface area contributed by atoms with Gasteiger partial charge < -0.3 is 0 Å². The molecule has 3 unspecified atom stereocenters. The molecule has 0 N–H and O–H groups in total. The molecule has 1 aliphatic carbocycles. The molecule has 0 amide bonds. The van der Waals surface area contributed by atoms with E-state index in [-0.39, 0.29) is 0 Å². The molecule has 1 saturated carbocycles. The Balaban J connectivity index is 2.03. The number of hydrogen-bond acceptors (Lipinski definition) is 0. The second-order valence-electron chi connectivity index (χ2n) is 7.58. The van der Waals surface area contributed by atoms with Gasteiger partial charge in [-0.15, -0.1) is 0 Å². The predicted molar refractivity (Wildman–Crippen MR) is 103 cm³/mol. The molecule has 0 aliphatic heterocycles. The monoisotopic (exact) mass is 413 g/mol. The van der Waals surface area contributed by atoms with Crippen molar-refractivity contribution < 1.29 is 0 Å². The van der Waals surface area contributed by atoms with Gasteiger partial charge in [0.1, 0.15) is 0 Å². The van der Waals surface area contributed by atoms with E-state index in [0.717, 1.165) is 21.7 Å². The van der Waals surface area contributed by atoms with Crippen LogP contribution in [0, 0.1) is 17.8 Å². The summed E-state index contributed by atoms with van der Waals surface area (Å²) in [7, 11) is 0. The normalized spacial score (nSPS) is 25.0. The van der Waals surface area contributed by atoms with Crippen LogP contribution in [0.15, 0.2) is 60.7 Å². The fraction of sp³-hybridized carbons (Fsp3) is 0.455. The van der Waals surface area contributed by atoms with Crippen molar-refractivity contribution in [1.29, 1.82) is 0 Å². The SMILES string of the molecule is CC1CCC(C(C)C)[CH]([Sn]([c]2ccccc2)[c]2ccccc2)C1. The van der Waals surface area contributed by atoms with Gasteiger partial charge in [0.05, 0.1) is 0 Å². The van der Waals surface area contributed by atoms with Crippen LogP contribution in [0.4, 0.5) is 0 Å². The molecular weight excluding hydrogens is 383 g/mol. The van der Waals surface area contributed by atoms with Crippen LogP contribution in [0.1, 0.15) is 40.0 Å². The third-order valence-corrected chi connectivity index (χ3v) is 15.0. The third kappa shape index (κ3) is 4.02. The second-order valence-corrected chi connectivity index (χ2v) is 15.4. The molecule has 0 aromatic heterocycles. The summed E-state index contributed by atoms with van der Waals surface area (Å²) in [5.74, 6) is 2.63. The molecule has 1 aliphatic rings. The van der Waals surface area contributed by atoms with E-state index in [4.69, 9.17) is 0 Å². The molecular formula is C22H29Sn. The van der Waals surface area contributed by atoms with Crippen molar-refractivity contribution in [3.63, 3.8) is 0 Å². The minimum atomic E-state index is -1.90. The molecule has 2 aromatic carbocycles. The molecule has 0 nitrogen and oxygen atoms in total. The first-order chi connectivity index (χ1) is 11.2. The summed E-state index contributed by atoms with van der Waals surface area (Å²) in [6.07, 6.45) is 4.31. The van der Waals surface area contributed by atoms with Crippen molar-refractivity contribution in [2.24, 2.45) is 17.8 Å². The van der Waals surface area contributed by atoms with Crippen molar-refractivity contribution in [3.8, 4) is 0 Å². The van der Waals surface area contributed by atoms with Crippen LogP contribution >= 0.6 is 0 Å². The van der Waals surface area contributed by atoms with Gasteiger partial charge in [0.25, 0.3) is 0 Å². The Kier molecular flexibility index (Phi) is 5.85. The molecule has 1 fully saturated rings. The molecule has 0 spiro atoms.